The average Bonchev–Trinajstić information content (AvgIpc) is 2.85. The van der Waals surface area contributed by atoms with Gasteiger partial charge in [-0.15, -0.1) is 0 Å². The number of amides is 1. The Morgan fingerprint density at radius 1 is 1.15 bits per heavy atom. The highest BCUT2D eigenvalue weighted by Crippen LogP contribution is 2.27. The molecule has 1 amide bonds. The molecule has 33 heavy (non-hydrogen) atoms. The first-order valence-electron chi connectivity index (χ1n) is 10.7. The van der Waals surface area contributed by atoms with Crippen molar-refractivity contribution in [3.05, 3.63) is 108 Å². The monoisotopic (exact) mass is 436 g/mol. The Kier molecular flexibility index (Phi) is 7.14. The number of pyridine rings is 2. The van der Waals surface area contributed by atoms with E-state index in [0.29, 0.717) is 35.8 Å². The molecule has 4 rings (SSSR count). The molecule has 2 aromatic heterocycles. The van der Waals surface area contributed by atoms with Gasteiger partial charge in [0.15, 0.2) is 0 Å². The van der Waals surface area contributed by atoms with Crippen molar-refractivity contribution >= 4 is 5.91 Å². The minimum Gasteiger partial charge on any atom is -0.457 e. The molecule has 164 valence electrons. The van der Waals surface area contributed by atoms with Crippen LogP contribution in [0, 0.1) is 18.8 Å². The number of aromatic nitrogens is 2. The predicted octanol–water partition coefficient (Wildman–Crippen LogP) is 4.24. The SMILES string of the molecule is Cc1c(Oc2ccnc(C#CCN3C=CC=CC3)c2)cccc1C(=O)NCc1ccncc1. The van der Waals surface area contributed by atoms with Crippen LogP contribution >= 0.6 is 0 Å². The zero-order valence-corrected chi connectivity index (χ0v) is 18.4. The lowest BCUT2D eigenvalue weighted by molar-refractivity contribution is 0.0950. The fraction of sp³-hybridized carbons (Fsp3) is 0.148. The van der Waals surface area contributed by atoms with Crippen molar-refractivity contribution in [1.82, 2.24) is 20.2 Å². The van der Waals surface area contributed by atoms with E-state index in [9.17, 15) is 4.79 Å². The van der Waals surface area contributed by atoms with Crippen molar-refractivity contribution in [3.63, 3.8) is 0 Å². The van der Waals surface area contributed by atoms with Crippen LogP contribution in [0.3, 0.4) is 0 Å². The van der Waals surface area contributed by atoms with Crippen LogP contribution in [0.1, 0.15) is 27.2 Å². The van der Waals surface area contributed by atoms with Crippen LogP contribution < -0.4 is 10.1 Å². The maximum absolute atomic E-state index is 12.7. The summed E-state index contributed by atoms with van der Waals surface area (Å²) < 4.78 is 6.07. The van der Waals surface area contributed by atoms with E-state index in [0.717, 1.165) is 17.7 Å². The van der Waals surface area contributed by atoms with E-state index in [1.807, 2.05) is 49.5 Å². The van der Waals surface area contributed by atoms with E-state index in [-0.39, 0.29) is 5.91 Å². The molecule has 1 aliphatic heterocycles. The van der Waals surface area contributed by atoms with E-state index < -0.39 is 0 Å². The predicted molar refractivity (Wildman–Crippen MR) is 128 cm³/mol. The summed E-state index contributed by atoms with van der Waals surface area (Å²) in [5, 5.41) is 2.94. The van der Waals surface area contributed by atoms with Gasteiger partial charge in [0.2, 0.25) is 0 Å². The minimum absolute atomic E-state index is 0.155. The molecule has 0 aliphatic carbocycles. The zero-order chi connectivity index (χ0) is 22.9. The first-order chi connectivity index (χ1) is 16.2. The second kappa shape index (κ2) is 10.8. The van der Waals surface area contributed by atoms with Gasteiger partial charge in [-0.2, -0.15) is 0 Å². The zero-order valence-electron chi connectivity index (χ0n) is 18.4. The van der Waals surface area contributed by atoms with Crippen LogP contribution in [0.15, 0.2) is 85.5 Å². The molecular formula is C27H24N4O2. The number of allylic oxidation sites excluding steroid dienone is 2. The maximum Gasteiger partial charge on any atom is 0.251 e. The first-order valence-corrected chi connectivity index (χ1v) is 10.7. The molecule has 1 aromatic carbocycles. The van der Waals surface area contributed by atoms with Gasteiger partial charge in [0.25, 0.3) is 5.91 Å². The van der Waals surface area contributed by atoms with Gasteiger partial charge in [-0.25, -0.2) is 4.98 Å². The van der Waals surface area contributed by atoms with Crippen molar-refractivity contribution in [2.45, 2.75) is 13.5 Å². The number of nitrogens with zero attached hydrogens (tertiary/aromatic N) is 3. The lowest BCUT2D eigenvalue weighted by Crippen LogP contribution is -2.23. The second-order valence-electron chi connectivity index (χ2n) is 7.45. The largest absolute Gasteiger partial charge is 0.457 e. The maximum atomic E-state index is 12.7. The minimum atomic E-state index is -0.155. The normalized spacial score (nSPS) is 12.1. The van der Waals surface area contributed by atoms with Gasteiger partial charge in [-0.1, -0.05) is 24.1 Å². The Morgan fingerprint density at radius 2 is 2.03 bits per heavy atom. The van der Waals surface area contributed by atoms with Crippen molar-refractivity contribution in [2.75, 3.05) is 13.1 Å². The number of ether oxygens (including phenoxy) is 1. The van der Waals surface area contributed by atoms with E-state index in [2.05, 4.69) is 38.1 Å². The van der Waals surface area contributed by atoms with Crippen LogP contribution in [0.2, 0.25) is 0 Å². The molecule has 1 aliphatic rings. The van der Waals surface area contributed by atoms with Crippen LogP contribution in [-0.2, 0) is 6.54 Å². The third-order valence-electron chi connectivity index (χ3n) is 5.07. The molecule has 6 heteroatoms. The van der Waals surface area contributed by atoms with Crippen LogP contribution in [0.25, 0.3) is 0 Å². The Labute approximate surface area is 193 Å². The van der Waals surface area contributed by atoms with Gasteiger partial charge >= 0.3 is 0 Å². The first kappa shape index (κ1) is 21.8. The third-order valence-corrected chi connectivity index (χ3v) is 5.07. The molecule has 0 radical (unpaired) electrons. The van der Waals surface area contributed by atoms with Gasteiger partial charge in [0.1, 0.15) is 17.2 Å². The molecule has 3 aromatic rings. The molecule has 0 spiro atoms. The molecule has 0 bridgehead atoms. The number of carbonyl (C=O) groups is 1. The molecule has 1 N–H and O–H groups in total. The summed E-state index contributed by atoms with van der Waals surface area (Å²) in [4.78, 5) is 23.1. The molecule has 0 saturated heterocycles. The summed E-state index contributed by atoms with van der Waals surface area (Å²) in [5.41, 5.74) is 2.95. The smallest absolute Gasteiger partial charge is 0.251 e. The summed E-state index contributed by atoms with van der Waals surface area (Å²) in [6, 6.07) is 12.8. The van der Waals surface area contributed by atoms with E-state index in [4.69, 9.17) is 4.74 Å². The molecular weight excluding hydrogens is 412 g/mol. The van der Waals surface area contributed by atoms with E-state index >= 15 is 0 Å². The molecule has 0 fully saturated rings. The number of carbonyl (C=O) groups excluding carboxylic acids is 1. The molecule has 0 unspecified atom stereocenters. The lowest BCUT2D eigenvalue weighted by Gasteiger charge is -2.16. The Hall–Kier alpha value is -4.37. The van der Waals surface area contributed by atoms with Gasteiger partial charge in [0.05, 0.1) is 6.54 Å². The number of hydrogen-bond acceptors (Lipinski definition) is 5. The number of rotatable bonds is 6. The molecule has 0 atom stereocenters. The van der Waals surface area contributed by atoms with Crippen LogP contribution in [0.5, 0.6) is 11.5 Å². The number of benzene rings is 1. The summed E-state index contributed by atoms with van der Waals surface area (Å²) >= 11 is 0. The third kappa shape index (κ3) is 6.08. The van der Waals surface area contributed by atoms with Gasteiger partial charge < -0.3 is 15.0 Å². The molecule has 6 nitrogen and oxygen atoms in total. The van der Waals surface area contributed by atoms with Crippen molar-refractivity contribution in [2.24, 2.45) is 0 Å². The summed E-state index contributed by atoms with van der Waals surface area (Å²) in [6.07, 6.45) is 13.2. The van der Waals surface area contributed by atoms with Crippen molar-refractivity contribution in [1.29, 1.82) is 0 Å². The number of hydrogen-bond donors (Lipinski definition) is 1. The second-order valence-corrected chi connectivity index (χ2v) is 7.45. The quantitative estimate of drug-likeness (QED) is 0.586. The molecule has 0 saturated carbocycles. The Morgan fingerprint density at radius 3 is 2.85 bits per heavy atom. The summed E-state index contributed by atoms with van der Waals surface area (Å²) in [6.45, 7) is 3.79. The van der Waals surface area contributed by atoms with Crippen molar-refractivity contribution in [3.8, 4) is 23.3 Å². The lowest BCUT2D eigenvalue weighted by atomic mass is 10.1. The van der Waals surface area contributed by atoms with Gasteiger partial charge in [-0.3, -0.25) is 9.78 Å². The van der Waals surface area contributed by atoms with Gasteiger partial charge in [0, 0.05) is 55.1 Å². The number of nitrogens with one attached hydrogen (secondary N) is 1. The van der Waals surface area contributed by atoms with E-state index in [1.54, 1.807) is 36.8 Å². The van der Waals surface area contributed by atoms with Gasteiger partial charge in [-0.05, 0) is 54.8 Å². The van der Waals surface area contributed by atoms with Crippen molar-refractivity contribution < 1.29 is 9.53 Å². The van der Waals surface area contributed by atoms with E-state index in [1.165, 1.54) is 0 Å². The van der Waals surface area contributed by atoms with Crippen LogP contribution in [-0.4, -0.2) is 33.9 Å². The summed E-state index contributed by atoms with van der Waals surface area (Å²) in [7, 11) is 0. The highest BCUT2D eigenvalue weighted by Gasteiger charge is 2.13. The molecule has 3 heterocycles. The van der Waals surface area contributed by atoms with Crippen LogP contribution in [0.4, 0.5) is 0 Å². The highest BCUT2D eigenvalue weighted by atomic mass is 16.5. The average molecular weight is 437 g/mol. The fourth-order valence-corrected chi connectivity index (χ4v) is 3.28. The standard InChI is InChI=1S/C27H24N4O2/c1-21-25(27(32)30-20-22-10-13-28-14-11-22)8-5-9-26(21)33-24-12-15-29-23(19-24)7-6-18-31-16-3-2-4-17-31/h2-5,8-16,19H,17-18,20H2,1H3,(H,30,32). The summed E-state index contributed by atoms with van der Waals surface area (Å²) in [5.74, 6) is 7.30. The Bertz CT molecular complexity index is 1240. The Balaban J connectivity index is 1.42. The fourth-order valence-electron chi connectivity index (χ4n) is 3.28. The highest BCUT2D eigenvalue weighted by molar-refractivity contribution is 5.96. The topological polar surface area (TPSA) is 67.3 Å².